The van der Waals surface area contributed by atoms with Crippen LogP contribution in [0.5, 0.6) is 0 Å². The molecule has 12 heavy (non-hydrogen) atoms. The molecule has 2 heterocycles. The first-order chi connectivity index (χ1) is 5.70. The van der Waals surface area contributed by atoms with Gasteiger partial charge in [0.15, 0.2) is 0 Å². The van der Waals surface area contributed by atoms with E-state index >= 15 is 0 Å². The van der Waals surface area contributed by atoms with Crippen LogP contribution < -0.4 is 0 Å². The van der Waals surface area contributed by atoms with Crippen molar-refractivity contribution >= 4 is 37.4 Å². The van der Waals surface area contributed by atoms with Gasteiger partial charge in [-0.25, -0.2) is 9.50 Å². The summed E-state index contributed by atoms with van der Waals surface area (Å²) in [6.45, 7) is 1.93. The molecule has 0 aromatic carbocycles. The van der Waals surface area contributed by atoms with Gasteiger partial charge in [-0.1, -0.05) is 0 Å². The average molecular weight is 291 g/mol. The van der Waals surface area contributed by atoms with Crippen molar-refractivity contribution in [2.45, 2.75) is 6.92 Å². The quantitative estimate of drug-likeness (QED) is 0.746. The minimum atomic E-state index is 0.820. The number of aryl methyl sites for hydroxylation is 1. The van der Waals surface area contributed by atoms with Crippen molar-refractivity contribution in [3.8, 4) is 0 Å². The van der Waals surface area contributed by atoms with Gasteiger partial charge in [0.25, 0.3) is 0 Å². The second kappa shape index (κ2) is 2.81. The minimum absolute atomic E-state index is 0.820. The van der Waals surface area contributed by atoms with E-state index in [9.17, 15) is 0 Å². The van der Waals surface area contributed by atoms with Gasteiger partial charge >= 0.3 is 0 Å². The predicted octanol–water partition coefficient (Wildman–Crippen LogP) is 2.56. The molecule has 5 heteroatoms. The van der Waals surface area contributed by atoms with Crippen molar-refractivity contribution in [1.82, 2.24) is 14.6 Å². The number of fused-ring (bicyclic) bond motifs is 1. The highest BCUT2D eigenvalue weighted by molar-refractivity contribution is 9.11. The van der Waals surface area contributed by atoms with Crippen LogP contribution in [-0.2, 0) is 0 Å². The smallest absolute Gasteiger partial charge is 0.132 e. The highest BCUT2D eigenvalue weighted by atomic mass is 79.9. The molecule has 0 saturated carbocycles. The van der Waals surface area contributed by atoms with Gasteiger partial charge in [0.2, 0.25) is 0 Å². The van der Waals surface area contributed by atoms with Crippen molar-refractivity contribution in [1.29, 1.82) is 0 Å². The van der Waals surface area contributed by atoms with E-state index in [1.165, 1.54) is 0 Å². The lowest BCUT2D eigenvalue weighted by Crippen LogP contribution is -1.96. The van der Waals surface area contributed by atoms with Crippen LogP contribution in [0.25, 0.3) is 5.52 Å². The molecule has 0 aliphatic carbocycles. The molecule has 2 aromatic rings. The molecule has 0 aliphatic rings. The normalized spacial score (nSPS) is 10.9. The standard InChI is InChI=1S/C7H5Br2N3/c1-4-7(9)12-5(2-3-10-12)6(8)11-4/h2-3H,1H3. The third kappa shape index (κ3) is 1.08. The first kappa shape index (κ1) is 8.19. The molecule has 0 spiro atoms. The molecule has 0 radical (unpaired) electrons. The van der Waals surface area contributed by atoms with Crippen LogP contribution >= 0.6 is 31.9 Å². The fourth-order valence-electron chi connectivity index (χ4n) is 1.02. The van der Waals surface area contributed by atoms with Crippen LogP contribution in [0.1, 0.15) is 5.69 Å². The van der Waals surface area contributed by atoms with E-state index < -0.39 is 0 Å². The van der Waals surface area contributed by atoms with Gasteiger partial charge < -0.3 is 0 Å². The van der Waals surface area contributed by atoms with Crippen molar-refractivity contribution in [2.75, 3.05) is 0 Å². The highest BCUT2D eigenvalue weighted by Crippen LogP contribution is 2.21. The maximum atomic E-state index is 4.28. The van der Waals surface area contributed by atoms with E-state index in [0.29, 0.717) is 0 Å². The van der Waals surface area contributed by atoms with E-state index in [-0.39, 0.29) is 0 Å². The minimum Gasteiger partial charge on any atom is -0.241 e. The van der Waals surface area contributed by atoms with Crippen LogP contribution in [0.4, 0.5) is 0 Å². The van der Waals surface area contributed by atoms with Gasteiger partial charge in [0.1, 0.15) is 14.7 Å². The molecule has 0 unspecified atom stereocenters. The van der Waals surface area contributed by atoms with Crippen LogP contribution in [0.2, 0.25) is 0 Å². The zero-order chi connectivity index (χ0) is 8.72. The third-order valence-corrected chi connectivity index (χ3v) is 3.10. The Morgan fingerprint density at radius 3 is 2.92 bits per heavy atom. The summed E-state index contributed by atoms with van der Waals surface area (Å²) in [5, 5.41) is 4.14. The first-order valence-electron chi connectivity index (χ1n) is 3.35. The molecule has 0 amide bonds. The van der Waals surface area contributed by atoms with Gasteiger partial charge in [-0.2, -0.15) is 5.10 Å². The SMILES string of the molecule is Cc1nc(Br)c2ccnn2c1Br. The van der Waals surface area contributed by atoms with Gasteiger partial charge in [-0.3, -0.25) is 0 Å². The van der Waals surface area contributed by atoms with Crippen molar-refractivity contribution in [2.24, 2.45) is 0 Å². The van der Waals surface area contributed by atoms with Gasteiger partial charge in [-0.15, -0.1) is 0 Å². The van der Waals surface area contributed by atoms with Gasteiger partial charge in [0.05, 0.1) is 11.9 Å². The number of aromatic nitrogens is 3. The van der Waals surface area contributed by atoms with Crippen molar-refractivity contribution in [3.05, 3.63) is 27.2 Å². The molecule has 3 nitrogen and oxygen atoms in total. The van der Waals surface area contributed by atoms with Crippen molar-refractivity contribution < 1.29 is 0 Å². The lowest BCUT2D eigenvalue weighted by Gasteiger charge is -2.01. The second-order valence-electron chi connectivity index (χ2n) is 2.41. The van der Waals surface area contributed by atoms with E-state index in [2.05, 4.69) is 41.9 Å². The summed E-state index contributed by atoms with van der Waals surface area (Å²) in [7, 11) is 0. The summed E-state index contributed by atoms with van der Waals surface area (Å²) >= 11 is 6.78. The van der Waals surface area contributed by atoms with E-state index in [1.54, 1.807) is 10.7 Å². The Bertz CT molecular complexity index is 435. The Morgan fingerprint density at radius 2 is 2.17 bits per heavy atom. The number of hydrogen-bond acceptors (Lipinski definition) is 2. The third-order valence-electron chi connectivity index (χ3n) is 1.60. The fourth-order valence-corrected chi connectivity index (χ4v) is 1.96. The van der Waals surface area contributed by atoms with E-state index in [0.717, 1.165) is 20.4 Å². The second-order valence-corrected chi connectivity index (χ2v) is 3.91. The molecule has 0 atom stereocenters. The summed E-state index contributed by atoms with van der Waals surface area (Å²) in [6.07, 6.45) is 1.74. The lowest BCUT2D eigenvalue weighted by atomic mass is 10.5. The topological polar surface area (TPSA) is 30.2 Å². The van der Waals surface area contributed by atoms with Gasteiger partial charge in [0, 0.05) is 0 Å². The Hall–Kier alpha value is -0.420. The molecule has 62 valence electrons. The highest BCUT2D eigenvalue weighted by Gasteiger charge is 2.06. The molecular weight excluding hydrogens is 286 g/mol. The molecule has 0 aliphatic heterocycles. The predicted molar refractivity (Wildman–Crippen MR) is 53.1 cm³/mol. The first-order valence-corrected chi connectivity index (χ1v) is 4.94. The van der Waals surface area contributed by atoms with Crippen LogP contribution in [0.15, 0.2) is 21.5 Å². The summed E-state index contributed by atoms with van der Waals surface area (Å²) in [6, 6.07) is 1.90. The maximum Gasteiger partial charge on any atom is 0.132 e. The summed E-state index contributed by atoms with van der Waals surface area (Å²) in [5.41, 5.74) is 1.88. The number of hydrogen-bond donors (Lipinski definition) is 0. The fraction of sp³-hybridized carbons (Fsp3) is 0.143. The Morgan fingerprint density at radius 1 is 1.42 bits per heavy atom. The Balaban J connectivity index is 2.97. The molecule has 0 bridgehead atoms. The molecule has 2 aromatic heterocycles. The largest absolute Gasteiger partial charge is 0.241 e. The maximum absolute atomic E-state index is 4.28. The summed E-state index contributed by atoms with van der Waals surface area (Å²) < 4.78 is 3.51. The lowest BCUT2D eigenvalue weighted by molar-refractivity contribution is 0.892. The molecule has 2 rings (SSSR count). The molecule has 0 N–H and O–H groups in total. The number of nitrogens with zero attached hydrogens (tertiary/aromatic N) is 3. The average Bonchev–Trinajstić information content (AvgIpc) is 2.48. The van der Waals surface area contributed by atoms with Crippen LogP contribution in [0.3, 0.4) is 0 Å². The monoisotopic (exact) mass is 289 g/mol. The Kier molecular flexibility index (Phi) is 1.92. The van der Waals surface area contributed by atoms with Gasteiger partial charge in [-0.05, 0) is 44.8 Å². The van der Waals surface area contributed by atoms with Crippen molar-refractivity contribution in [3.63, 3.8) is 0 Å². The molecule has 0 saturated heterocycles. The molecule has 0 fully saturated rings. The van der Waals surface area contributed by atoms with Crippen LogP contribution in [0, 0.1) is 6.92 Å². The summed E-state index contributed by atoms with van der Waals surface area (Å²) in [4.78, 5) is 4.28. The summed E-state index contributed by atoms with van der Waals surface area (Å²) in [5.74, 6) is 0. The van der Waals surface area contributed by atoms with E-state index in [4.69, 9.17) is 0 Å². The van der Waals surface area contributed by atoms with Crippen LogP contribution in [-0.4, -0.2) is 14.6 Å². The number of halogens is 2. The zero-order valence-electron chi connectivity index (χ0n) is 6.25. The zero-order valence-corrected chi connectivity index (χ0v) is 9.42. The number of rotatable bonds is 0. The van der Waals surface area contributed by atoms with E-state index in [1.807, 2.05) is 13.0 Å². The Labute approximate surface area is 86.1 Å². The molecular formula is C7H5Br2N3.